The maximum atomic E-state index is 13.7. The lowest BCUT2D eigenvalue weighted by Crippen LogP contribution is -2.42. The molecule has 1 atom stereocenters. The highest BCUT2D eigenvalue weighted by atomic mass is 19.4. The summed E-state index contributed by atoms with van der Waals surface area (Å²) >= 11 is 0. The molecule has 2 heterocycles. The number of halogens is 3. The van der Waals surface area contributed by atoms with Gasteiger partial charge in [0.1, 0.15) is 6.04 Å². The monoisotopic (exact) mass is 849 g/mol. The second kappa shape index (κ2) is 24.6. The second-order valence-corrected chi connectivity index (χ2v) is 13.0. The number of hydrogen-bond donors (Lipinski definition) is 4. The number of hydrogen-bond acceptors (Lipinski definition) is 14. The Labute approximate surface area is 340 Å². The summed E-state index contributed by atoms with van der Waals surface area (Å²) < 4.78 is 62.1. The number of nitrogens with zero attached hydrogens (tertiary/aromatic N) is 7. The number of benzene rings is 1. The molecule has 0 saturated carbocycles. The molecule has 3 aromatic rings. The normalized spacial score (nSPS) is 11.7. The zero-order valence-electron chi connectivity index (χ0n) is 33.1. The number of ether oxygens (including phenoxy) is 4. The number of azide groups is 1. The van der Waals surface area contributed by atoms with Crippen molar-refractivity contribution in [3.8, 4) is 0 Å². The van der Waals surface area contributed by atoms with Crippen molar-refractivity contribution in [2.24, 2.45) is 11.0 Å². The van der Waals surface area contributed by atoms with Gasteiger partial charge in [0.15, 0.2) is 11.2 Å². The molecule has 0 fully saturated rings. The van der Waals surface area contributed by atoms with Gasteiger partial charge < -0.3 is 29.6 Å². The first-order chi connectivity index (χ1) is 28.6. The van der Waals surface area contributed by atoms with Gasteiger partial charge in [-0.1, -0.05) is 19.0 Å². The molecule has 0 aliphatic carbocycles. The van der Waals surface area contributed by atoms with Gasteiger partial charge in [-0.2, -0.15) is 18.2 Å². The van der Waals surface area contributed by atoms with Crippen molar-refractivity contribution in [3.63, 3.8) is 0 Å². The lowest BCUT2D eigenvalue weighted by Gasteiger charge is -2.24. The van der Waals surface area contributed by atoms with Crippen LogP contribution in [0.3, 0.4) is 0 Å². The van der Waals surface area contributed by atoms with Gasteiger partial charge in [-0.05, 0) is 49.1 Å². The van der Waals surface area contributed by atoms with Crippen LogP contribution in [0, 0.1) is 5.92 Å². The summed E-state index contributed by atoms with van der Waals surface area (Å²) in [5.74, 6) is -5.44. The third-order valence-corrected chi connectivity index (χ3v) is 8.08. The zero-order valence-corrected chi connectivity index (χ0v) is 33.1. The minimum Gasteiger partial charge on any atom is -0.467 e. The fraction of sp³-hybridized carbons (Fsp3) is 0.528. The summed E-state index contributed by atoms with van der Waals surface area (Å²) in [6.45, 7) is 5.36. The molecule has 4 N–H and O–H groups in total. The summed E-state index contributed by atoms with van der Waals surface area (Å²) in [4.78, 5) is 92.5. The maximum Gasteiger partial charge on any atom is 0.471 e. The number of carbonyl (C=O) groups excluding carboxylic acids is 5. The first kappa shape index (κ1) is 48.1. The molecule has 0 aliphatic heterocycles. The Bertz CT molecular complexity index is 2030. The number of H-pyrrole nitrogens is 1. The van der Waals surface area contributed by atoms with Crippen LogP contribution in [-0.2, 0) is 44.7 Å². The van der Waals surface area contributed by atoms with Crippen molar-refractivity contribution in [1.29, 1.82) is 0 Å². The molecule has 24 heteroatoms. The van der Waals surface area contributed by atoms with Gasteiger partial charge >= 0.3 is 18.1 Å². The predicted molar refractivity (Wildman–Crippen MR) is 206 cm³/mol. The number of methoxy groups -OCH3 is 1. The Balaban J connectivity index is 1.52. The Morgan fingerprint density at radius 3 is 2.23 bits per heavy atom. The largest absolute Gasteiger partial charge is 0.471 e. The smallest absolute Gasteiger partial charge is 0.467 e. The number of aromatic nitrogens is 4. The zero-order chi connectivity index (χ0) is 44.1. The van der Waals surface area contributed by atoms with Crippen LogP contribution in [0.1, 0.15) is 55.6 Å². The van der Waals surface area contributed by atoms with Crippen molar-refractivity contribution in [3.05, 3.63) is 62.5 Å². The molecule has 2 aromatic heterocycles. The minimum absolute atomic E-state index is 0.0994. The van der Waals surface area contributed by atoms with Gasteiger partial charge in [-0.3, -0.25) is 39.2 Å². The van der Waals surface area contributed by atoms with E-state index in [4.69, 9.17) is 24.5 Å². The van der Waals surface area contributed by atoms with E-state index in [1.807, 2.05) is 0 Å². The molecule has 1 aromatic carbocycles. The second-order valence-electron chi connectivity index (χ2n) is 13.0. The minimum atomic E-state index is -5.33. The number of aromatic amines is 1. The van der Waals surface area contributed by atoms with E-state index in [1.165, 1.54) is 0 Å². The highest BCUT2D eigenvalue weighted by Crippen LogP contribution is 2.26. The standard InChI is InChI=1S/C36H46F3N11O10/c1-22(2)30(52)47-35-46-29-28(32(54)48-35)44-24(20-42-29)21-50(34(56)36(37,38)39)25-8-6-23(7-9-25)31(53)45-26(33(55)57-3)10-11-27(51)41-12-4-14-58-16-18-60-19-17-59-15-5-13-43-49-40/h6-9,20,22,26H,4-5,10-19,21H2,1-3H3,(H,41,51)(H,45,53)(H2,42,46,47,48,52,54). The van der Waals surface area contributed by atoms with Crippen molar-refractivity contribution in [2.75, 3.05) is 70.1 Å². The van der Waals surface area contributed by atoms with Gasteiger partial charge in [-0.15, -0.1) is 0 Å². The van der Waals surface area contributed by atoms with E-state index in [1.54, 1.807) is 13.8 Å². The summed E-state index contributed by atoms with van der Waals surface area (Å²) in [5, 5.41) is 10.9. The molecule has 4 amide bonds. The van der Waals surface area contributed by atoms with E-state index in [-0.39, 0.29) is 53.4 Å². The number of carbonyl (C=O) groups is 5. The molecular weight excluding hydrogens is 803 g/mol. The molecule has 1 unspecified atom stereocenters. The Morgan fingerprint density at radius 2 is 1.62 bits per heavy atom. The average molecular weight is 850 g/mol. The summed E-state index contributed by atoms with van der Waals surface area (Å²) in [6, 6.07) is 3.12. The summed E-state index contributed by atoms with van der Waals surface area (Å²) in [6.07, 6.45) is -3.50. The highest BCUT2D eigenvalue weighted by Gasteiger charge is 2.43. The van der Waals surface area contributed by atoms with Crippen molar-refractivity contribution >= 4 is 52.4 Å². The molecule has 0 radical (unpaired) electrons. The molecule has 0 saturated heterocycles. The van der Waals surface area contributed by atoms with E-state index in [9.17, 15) is 41.9 Å². The Morgan fingerprint density at radius 1 is 0.967 bits per heavy atom. The van der Waals surface area contributed by atoms with Crippen molar-refractivity contribution < 1.29 is 56.1 Å². The molecule has 60 heavy (non-hydrogen) atoms. The van der Waals surface area contributed by atoms with Gasteiger partial charge in [0.25, 0.3) is 11.5 Å². The number of anilines is 2. The molecule has 326 valence electrons. The average Bonchev–Trinajstić information content (AvgIpc) is 3.22. The third-order valence-electron chi connectivity index (χ3n) is 8.08. The SMILES string of the molecule is COC(=O)C(CCC(=O)NCCCOCCOCCOCCCN=[N+]=[N-])NC(=O)c1ccc(N(Cc2cnc3nc(NC(=O)C(C)C)[nH]c(=O)c3n2)C(=O)C(F)(F)F)cc1. The summed E-state index contributed by atoms with van der Waals surface area (Å²) in [5.41, 5.74) is 6.16. The highest BCUT2D eigenvalue weighted by molar-refractivity contribution is 5.99. The molecule has 3 rings (SSSR count). The van der Waals surface area contributed by atoms with E-state index in [2.05, 4.69) is 45.9 Å². The van der Waals surface area contributed by atoms with Gasteiger partial charge in [0.2, 0.25) is 17.8 Å². The number of alkyl halides is 3. The van der Waals surface area contributed by atoms with Crippen LogP contribution in [0.4, 0.5) is 24.8 Å². The predicted octanol–water partition coefficient (Wildman–Crippen LogP) is 2.71. The molecular formula is C36H46F3N11O10. The van der Waals surface area contributed by atoms with Crippen LogP contribution in [0.15, 0.2) is 40.4 Å². The van der Waals surface area contributed by atoms with Crippen molar-refractivity contribution in [2.45, 2.75) is 58.3 Å². The van der Waals surface area contributed by atoms with Crippen LogP contribution in [-0.4, -0.2) is 122 Å². The Hall–Kier alpha value is -6.23. The van der Waals surface area contributed by atoms with Crippen LogP contribution in [0.5, 0.6) is 0 Å². The van der Waals surface area contributed by atoms with E-state index >= 15 is 0 Å². The van der Waals surface area contributed by atoms with E-state index < -0.39 is 59.8 Å². The molecule has 0 spiro atoms. The van der Waals surface area contributed by atoms with Gasteiger partial charge in [-0.25, -0.2) is 14.8 Å². The third kappa shape index (κ3) is 16.2. The molecule has 0 bridgehead atoms. The number of esters is 1. The first-order valence-electron chi connectivity index (χ1n) is 18.6. The van der Waals surface area contributed by atoms with Gasteiger partial charge in [0, 0.05) is 54.8 Å². The first-order valence-corrected chi connectivity index (χ1v) is 18.6. The molecule has 0 aliphatic rings. The maximum absolute atomic E-state index is 13.7. The number of nitrogens with one attached hydrogen (secondary N) is 4. The van der Waals surface area contributed by atoms with E-state index in [0.29, 0.717) is 63.9 Å². The topological polar surface area (TPSA) is 282 Å². The lowest BCUT2D eigenvalue weighted by atomic mass is 10.1. The number of amides is 4. The fourth-order valence-electron chi connectivity index (χ4n) is 4.96. The van der Waals surface area contributed by atoms with Crippen molar-refractivity contribution in [1.82, 2.24) is 30.6 Å². The summed E-state index contributed by atoms with van der Waals surface area (Å²) in [7, 11) is 1.09. The van der Waals surface area contributed by atoms with Gasteiger partial charge in [0.05, 0.1) is 52.0 Å². The van der Waals surface area contributed by atoms with E-state index in [0.717, 1.165) is 37.6 Å². The quantitative estimate of drug-likeness (QED) is 0.0314. The van der Waals surface area contributed by atoms with Crippen LogP contribution in [0.2, 0.25) is 0 Å². The fourth-order valence-corrected chi connectivity index (χ4v) is 4.96. The van der Waals surface area contributed by atoms with Crippen LogP contribution >= 0.6 is 0 Å². The lowest BCUT2D eigenvalue weighted by molar-refractivity contribution is -0.170. The number of fused-ring (bicyclic) bond motifs is 1. The molecule has 21 nitrogen and oxygen atoms in total. The van der Waals surface area contributed by atoms with Crippen LogP contribution < -0.4 is 26.4 Å². The van der Waals surface area contributed by atoms with Crippen LogP contribution in [0.25, 0.3) is 21.6 Å². The number of rotatable bonds is 25. The Kier molecular flexibility index (Phi) is 19.8.